The summed E-state index contributed by atoms with van der Waals surface area (Å²) < 4.78 is 5.77. The number of aromatic nitrogens is 1. The molecule has 0 saturated heterocycles. The van der Waals surface area contributed by atoms with Crippen LogP contribution in [0.3, 0.4) is 0 Å². The Morgan fingerprint density at radius 3 is 2.37 bits per heavy atom. The van der Waals surface area contributed by atoms with Gasteiger partial charge in [0.15, 0.2) is 0 Å². The Morgan fingerprint density at radius 1 is 0.852 bits per heavy atom. The number of ether oxygens (including phenoxy) is 1. The average Bonchev–Trinajstić information content (AvgIpc) is 2.68. The minimum Gasteiger partial charge on any atom is -0.494 e. The van der Waals surface area contributed by atoms with Crippen molar-refractivity contribution in [2.24, 2.45) is 0 Å². The number of para-hydroxylation sites is 1. The van der Waals surface area contributed by atoms with Crippen LogP contribution in [-0.2, 0) is 6.42 Å². The van der Waals surface area contributed by atoms with E-state index in [1.807, 2.05) is 42.5 Å². The molecule has 0 aliphatic carbocycles. The lowest BCUT2D eigenvalue weighted by molar-refractivity contribution is 0.304. The topological polar surface area (TPSA) is 48.1 Å². The van der Waals surface area contributed by atoms with Crippen LogP contribution >= 0.6 is 0 Å². The van der Waals surface area contributed by atoms with Crippen molar-refractivity contribution in [2.45, 2.75) is 51.9 Å². The van der Waals surface area contributed by atoms with Crippen molar-refractivity contribution in [1.82, 2.24) is 4.98 Å². The third kappa shape index (κ3) is 5.99. The normalized spacial score (nSPS) is 11.0. The predicted molar refractivity (Wildman–Crippen MR) is 114 cm³/mol. The smallest absolute Gasteiger partial charge is 0.119 e. The number of unbranched alkanes of at least 4 members (excludes halogenated alkanes) is 5. The van der Waals surface area contributed by atoms with Gasteiger partial charge in [-0.3, -0.25) is 4.98 Å². The molecule has 3 heteroatoms. The van der Waals surface area contributed by atoms with Crippen LogP contribution in [0.15, 0.2) is 54.6 Å². The number of pyridine rings is 1. The van der Waals surface area contributed by atoms with Crippen LogP contribution in [-0.4, -0.2) is 11.6 Å². The molecular weight excluding hydrogens is 332 g/mol. The van der Waals surface area contributed by atoms with E-state index < -0.39 is 0 Å². The molecule has 0 unspecified atom stereocenters. The fraction of sp³-hybridized carbons (Fsp3) is 0.375. The summed E-state index contributed by atoms with van der Waals surface area (Å²) in [7, 11) is 0. The van der Waals surface area contributed by atoms with E-state index in [0.29, 0.717) is 0 Å². The van der Waals surface area contributed by atoms with Crippen LogP contribution in [0.2, 0.25) is 0 Å². The number of fused-ring (bicyclic) bond motifs is 1. The first kappa shape index (κ1) is 19.2. The zero-order chi connectivity index (χ0) is 18.9. The maximum absolute atomic E-state index is 6.15. The molecule has 0 radical (unpaired) electrons. The zero-order valence-corrected chi connectivity index (χ0v) is 16.3. The van der Waals surface area contributed by atoms with E-state index in [9.17, 15) is 0 Å². The van der Waals surface area contributed by atoms with Gasteiger partial charge in [-0.1, -0.05) is 61.6 Å². The molecule has 0 bridgehead atoms. The number of aryl methyl sites for hydroxylation is 2. The van der Waals surface area contributed by atoms with Crippen molar-refractivity contribution in [3.8, 4) is 5.75 Å². The second kappa shape index (κ2) is 9.96. The monoisotopic (exact) mass is 362 g/mol. The molecule has 0 fully saturated rings. The maximum Gasteiger partial charge on any atom is 0.119 e. The fourth-order valence-electron chi connectivity index (χ4n) is 3.33. The molecule has 0 amide bonds. The lowest BCUT2D eigenvalue weighted by atomic mass is 10.1. The maximum atomic E-state index is 6.15. The fourth-order valence-corrected chi connectivity index (χ4v) is 3.33. The van der Waals surface area contributed by atoms with Gasteiger partial charge in [0.1, 0.15) is 5.75 Å². The van der Waals surface area contributed by atoms with Crippen molar-refractivity contribution in [3.05, 3.63) is 65.9 Å². The van der Waals surface area contributed by atoms with E-state index >= 15 is 0 Å². The number of hydrogen-bond donors (Lipinski definition) is 1. The van der Waals surface area contributed by atoms with Gasteiger partial charge in [0.05, 0.1) is 12.1 Å². The van der Waals surface area contributed by atoms with Gasteiger partial charge in [-0.05, 0) is 50.5 Å². The molecule has 27 heavy (non-hydrogen) atoms. The zero-order valence-electron chi connectivity index (χ0n) is 16.3. The van der Waals surface area contributed by atoms with E-state index in [0.717, 1.165) is 47.5 Å². The van der Waals surface area contributed by atoms with Crippen LogP contribution in [0.25, 0.3) is 10.9 Å². The van der Waals surface area contributed by atoms with Gasteiger partial charge < -0.3 is 10.5 Å². The first-order valence-corrected chi connectivity index (χ1v) is 10.1. The highest BCUT2D eigenvalue weighted by Crippen LogP contribution is 2.21. The standard InChI is InChI=1S/C24H30N2O/c1-19-13-15-21(16-14-19)27-17-9-5-3-2-4-6-10-20-18-23(25)22-11-7-8-12-24(22)26-20/h7-8,11-16,18H,2-6,9-10,17H2,1H3,(H2,25,26). The Bertz CT molecular complexity index is 843. The van der Waals surface area contributed by atoms with E-state index in [4.69, 9.17) is 15.5 Å². The summed E-state index contributed by atoms with van der Waals surface area (Å²) in [6.45, 7) is 2.90. The molecule has 0 spiro atoms. The molecule has 2 aromatic carbocycles. The Balaban J connectivity index is 1.27. The van der Waals surface area contributed by atoms with Crippen LogP contribution in [0.4, 0.5) is 5.69 Å². The second-order valence-corrected chi connectivity index (χ2v) is 7.25. The van der Waals surface area contributed by atoms with Gasteiger partial charge >= 0.3 is 0 Å². The summed E-state index contributed by atoms with van der Waals surface area (Å²) in [4.78, 5) is 4.73. The Kier molecular flexibility index (Phi) is 7.09. The molecule has 1 heterocycles. The number of nitrogens with two attached hydrogens (primary N) is 1. The van der Waals surface area contributed by atoms with Crippen LogP contribution in [0, 0.1) is 6.92 Å². The first-order valence-electron chi connectivity index (χ1n) is 10.1. The van der Waals surface area contributed by atoms with Crippen LogP contribution in [0.5, 0.6) is 5.75 Å². The van der Waals surface area contributed by atoms with Crippen LogP contribution in [0.1, 0.15) is 49.8 Å². The van der Waals surface area contributed by atoms with Crippen molar-refractivity contribution in [1.29, 1.82) is 0 Å². The molecule has 3 nitrogen and oxygen atoms in total. The lowest BCUT2D eigenvalue weighted by Crippen LogP contribution is -1.97. The van der Waals surface area contributed by atoms with Gasteiger partial charge in [-0.25, -0.2) is 0 Å². The summed E-state index contributed by atoms with van der Waals surface area (Å²) in [6.07, 6.45) is 8.31. The molecule has 0 aliphatic heterocycles. The SMILES string of the molecule is Cc1ccc(OCCCCCCCCc2cc(N)c3ccccc3n2)cc1. The molecule has 1 aromatic heterocycles. The highest BCUT2D eigenvalue weighted by atomic mass is 16.5. The van der Waals surface area contributed by atoms with Gasteiger partial charge in [0.25, 0.3) is 0 Å². The number of nitrogen functional groups attached to an aromatic ring is 1. The molecule has 0 saturated carbocycles. The minimum atomic E-state index is 0.809. The summed E-state index contributed by atoms with van der Waals surface area (Å²) in [6, 6.07) is 18.4. The molecule has 0 aliphatic rings. The van der Waals surface area contributed by atoms with E-state index in [2.05, 4.69) is 19.1 Å². The van der Waals surface area contributed by atoms with Crippen molar-refractivity contribution in [2.75, 3.05) is 12.3 Å². The summed E-state index contributed by atoms with van der Waals surface area (Å²) in [5.41, 5.74) is 10.4. The lowest BCUT2D eigenvalue weighted by Gasteiger charge is -2.07. The number of rotatable bonds is 10. The summed E-state index contributed by atoms with van der Waals surface area (Å²) in [5, 5.41) is 1.05. The number of nitrogens with zero attached hydrogens (tertiary/aromatic N) is 1. The van der Waals surface area contributed by atoms with Crippen molar-refractivity contribution >= 4 is 16.6 Å². The average molecular weight is 363 g/mol. The van der Waals surface area contributed by atoms with E-state index in [1.165, 1.54) is 37.7 Å². The summed E-state index contributed by atoms with van der Waals surface area (Å²) in [5.74, 6) is 0.975. The van der Waals surface area contributed by atoms with E-state index in [-0.39, 0.29) is 0 Å². The Morgan fingerprint density at radius 2 is 1.56 bits per heavy atom. The largest absolute Gasteiger partial charge is 0.494 e. The third-order valence-electron chi connectivity index (χ3n) is 4.92. The molecule has 3 aromatic rings. The Hall–Kier alpha value is -2.55. The number of hydrogen-bond acceptors (Lipinski definition) is 3. The predicted octanol–water partition coefficient (Wildman–Crippen LogP) is 6.09. The molecule has 2 N–H and O–H groups in total. The summed E-state index contributed by atoms with van der Waals surface area (Å²) >= 11 is 0. The number of anilines is 1. The molecule has 3 rings (SSSR count). The highest BCUT2D eigenvalue weighted by molar-refractivity contribution is 5.90. The highest BCUT2D eigenvalue weighted by Gasteiger charge is 2.03. The third-order valence-corrected chi connectivity index (χ3v) is 4.92. The molecule has 0 atom stereocenters. The van der Waals surface area contributed by atoms with Gasteiger partial charge in [0, 0.05) is 16.8 Å². The van der Waals surface area contributed by atoms with Gasteiger partial charge in [0.2, 0.25) is 0 Å². The van der Waals surface area contributed by atoms with Crippen molar-refractivity contribution < 1.29 is 4.74 Å². The van der Waals surface area contributed by atoms with Crippen molar-refractivity contribution in [3.63, 3.8) is 0 Å². The number of benzene rings is 2. The second-order valence-electron chi connectivity index (χ2n) is 7.25. The minimum absolute atomic E-state index is 0.809. The van der Waals surface area contributed by atoms with E-state index in [1.54, 1.807) is 0 Å². The molecular formula is C24H30N2O. The Labute approximate surface area is 162 Å². The first-order chi connectivity index (χ1) is 13.2. The van der Waals surface area contributed by atoms with Gasteiger partial charge in [-0.2, -0.15) is 0 Å². The van der Waals surface area contributed by atoms with Gasteiger partial charge in [-0.15, -0.1) is 0 Å². The quantitative estimate of drug-likeness (QED) is 0.444. The van der Waals surface area contributed by atoms with Crippen LogP contribution < -0.4 is 10.5 Å². The molecule has 142 valence electrons.